The molecule has 0 saturated carbocycles. The van der Waals surface area contributed by atoms with Gasteiger partial charge >= 0.3 is 0 Å². The number of thiazole rings is 1. The van der Waals surface area contributed by atoms with Gasteiger partial charge in [0, 0.05) is 5.56 Å². The molecule has 0 bridgehead atoms. The lowest BCUT2D eigenvalue weighted by Gasteiger charge is -1.92. The Morgan fingerprint density at radius 1 is 1.30 bits per heavy atom. The van der Waals surface area contributed by atoms with Crippen molar-refractivity contribution in [2.45, 2.75) is 6.92 Å². The smallest absolute Gasteiger partial charge is 0.266 e. The maximum Gasteiger partial charge on any atom is 0.295 e. The second kappa shape index (κ2) is 4.61. The summed E-state index contributed by atoms with van der Waals surface area (Å²) in [4.78, 5) is 27.5. The number of nitrogens with zero attached hydrogens (tertiary/aromatic N) is 3. The largest absolute Gasteiger partial charge is 0.295 e. The van der Waals surface area contributed by atoms with Crippen molar-refractivity contribution in [2.24, 2.45) is 0 Å². The molecule has 0 saturated heterocycles. The number of fused-ring (bicyclic) bond motifs is 1. The molecule has 0 atom stereocenters. The molecule has 0 fully saturated rings. The van der Waals surface area contributed by atoms with E-state index in [0.717, 1.165) is 15.9 Å². The van der Waals surface area contributed by atoms with Crippen molar-refractivity contribution < 1.29 is 4.39 Å². The maximum atomic E-state index is 13.6. The molecule has 3 aromatic rings. The molecular weight excluding hydrogens is 281 g/mol. The van der Waals surface area contributed by atoms with Crippen molar-refractivity contribution in [3.05, 3.63) is 66.6 Å². The molecule has 100 valence electrons. The summed E-state index contributed by atoms with van der Waals surface area (Å²) < 4.78 is 14.9. The van der Waals surface area contributed by atoms with Gasteiger partial charge in [-0.1, -0.05) is 29.5 Å². The van der Waals surface area contributed by atoms with Gasteiger partial charge in [0.1, 0.15) is 11.5 Å². The number of aromatic nitrogens is 3. The third-order valence-electron chi connectivity index (χ3n) is 2.73. The van der Waals surface area contributed by atoms with Gasteiger partial charge in [-0.25, -0.2) is 4.39 Å². The predicted molar refractivity (Wildman–Crippen MR) is 73.3 cm³/mol. The van der Waals surface area contributed by atoms with Gasteiger partial charge in [0.15, 0.2) is 0 Å². The van der Waals surface area contributed by atoms with Gasteiger partial charge in [0.2, 0.25) is 4.96 Å². The molecule has 0 aliphatic carbocycles. The van der Waals surface area contributed by atoms with E-state index in [0.29, 0.717) is 5.56 Å². The van der Waals surface area contributed by atoms with Crippen LogP contribution in [0.3, 0.4) is 0 Å². The van der Waals surface area contributed by atoms with Crippen LogP contribution in [-0.4, -0.2) is 14.6 Å². The lowest BCUT2D eigenvalue weighted by molar-refractivity contribution is 0.625. The first-order valence-electron chi connectivity index (χ1n) is 5.73. The molecule has 0 N–H and O–H groups in total. The van der Waals surface area contributed by atoms with E-state index >= 15 is 0 Å². The number of halogens is 1. The number of hydrogen-bond donors (Lipinski definition) is 0. The molecule has 0 unspecified atom stereocenters. The molecule has 0 radical (unpaired) electrons. The summed E-state index contributed by atoms with van der Waals surface area (Å²) >= 11 is 1.00. The Morgan fingerprint density at radius 2 is 2.05 bits per heavy atom. The van der Waals surface area contributed by atoms with Crippen LogP contribution in [0.1, 0.15) is 11.3 Å². The Kier molecular flexibility index (Phi) is 2.90. The molecule has 0 aliphatic rings. The number of aryl methyl sites for hydroxylation is 1. The molecule has 1 aromatic carbocycles. The SMILES string of the molecule is Cc1nn2c(=O)c(=Cc3ccccc3F)sc2nc1=O. The first kappa shape index (κ1) is 12.6. The van der Waals surface area contributed by atoms with Crippen molar-refractivity contribution in [2.75, 3.05) is 0 Å². The zero-order chi connectivity index (χ0) is 14.3. The normalized spacial score (nSPS) is 12.2. The zero-order valence-corrected chi connectivity index (χ0v) is 11.1. The monoisotopic (exact) mass is 289 g/mol. The third kappa shape index (κ3) is 2.01. The molecule has 2 aromatic heterocycles. The molecule has 0 spiro atoms. The minimum atomic E-state index is -0.469. The highest BCUT2D eigenvalue weighted by atomic mass is 32.1. The van der Waals surface area contributed by atoms with Gasteiger partial charge in [-0.3, -0.25) is 9.59 Å². The van der Waals surface area contributed by atoms with Crippen molar-refractivity contribution in [3.8, 4) is 0 Å². The Hall–Kier alpha value is -2.41. The van der Waals surface area contributed by atoms with E-state index in [9.17, 15) is 14.0 Å². The number of benzene rings is 1. The fourth-order valence-electron chi connectivity index (χ4n) is 1.72. The van der Waals surface area contributed by atoms with Crippen LogP contribution in [0.5, 0.6) is 0 Å². The van der Waals surface area contributed by atoms with E-state index in [1.54, 1.807) is 18.2 Å². The molecule has 5 nitrogen and oxygen atoms in total. The molecule has 7 heteroatoms. The van der Waals surface area contributed by atoms with E-state index < -0.39 is 16.9 Å². The summed E-state index contributed by atoms with van der Waals surface area (Å²) in [5.74, 6) is -0.420. The molecule has 0 aliphatic heterocycles. The van der Waals surface area contributed by atoms with Crippen molar-refractivity contribution in [1.82, 2.24) is 14.6 Å². The fraction of sp³-hybridized carbons (Fsp3) is 0.0769. The molecular formula is C13H8FN3O2S. The first-order valence-corrected chi connectivity index (χ1v) is 6.54. The highest BCUT2D eigenvalue weighted by Gasteiger charge is 2.08. The van der Waals surface area contributed by atoms with Crippen molar-refractivity contribution in [3.63, 3.8) is 0 Å². The topological polar surface area (TPSA) is 64.3 Å². The summed E-state index contributed by atoms with van der Waals surface area (Å²) in [5, 5.41) is 3.89. The van der Waals surface area contributed by atoms with Crippen LogP contribution >= 0.6 is 11.3 Å². The van der Waals surface area contributed by atoms with Crippen LogP contribution < -0.4 is 15.7 Å². The van der Waals surface area contributed by atoms with Crippen LogP contribution in [0.2, 0.25) is 0 Å². The van der Waals surface area contributed by atoms with E-state index in [4.69, 9.17) is 0 Å². The van der Waals surface area contributed by atoms with E-state index in [1.807, 2.05) is 0 Å². The Morgan fingerprint density at radius 3 is 2.80 bits per heavy atom. The maximum absolute atomic E-state index is 13.6. The van der Waals surface area contributed by atoms with Gasteiger partial charge in [-0.15, -0.1) is 0 Å². The van der Waals surface area contributed by atoms with E-state index in [2.05, 4.69) is 10.1 Å². The van der Waals surface area contributed by atoms with Crippen LogP contribution in [0, 0.1) is 12.7 Å². The molecule has 3 rings (SSSR count). The van der Waals surface area contributed by atoms with Crippen LogP contribution in [0.15, 0.2) is 33.9 Å². The Balaban J connectivity index is 2.34. The summed E-state index contributed by atoms with van der Waals surface area (Å²) in [6.45, 7) is 1.49. The van der Waals surface area contributed by atoms with Crippen LogP contribution in [0.25, 0.3) is 11.0 Å². The van der Waals surface area contributed by atoms with Gasteiger partial charge in [0.05, 0.1) is 4.53 Å². The fourth-order valence-corrected chi connectivity index (χ4v) is 2.62. The zero-order valence-electron chi connectivity index (χ0n) is 10.3. The predicted octanol–water partition coefficient (Wildman–Crippen LogP) is 0.506. The van der Waals surface area contributed by atoms with Crippen molar-refractivity contribution in [1.29, 1.82) is 0 Å². The molecule has 20 heavy (non-hydrogen) atoms. The summed E-state index contributed by atoms with van der Waals surface area (Å²) in [6, 6.07) is 6.12. The number of rotatable bonds is 1. The lowest BCUT2D eigenvalue weighted by Crippen LogP contribution is -2.27. The molecule has 0 amide bonds. The third-order valence-corrected chi connectivity index (χ3v) is 3.69. The van der Waals surface area contributed by atoms with E-state index in [1.165, 1.54) is 19.1 Å². The van der Waals surface area contributed by atoms with Crippen LogP contribution in [0.4, 0.5) is 4.39 Å². The second-order valence-electron chi connectivity index (χ2n) is 4.13. The molecule has 2 heterocycles. The Bertz CT molecular complexity index is 977. The first-order chi connectivity index (χ1) is 9.56. The van der Waals surface area contributed by atoms with Gasteiger partial charge in [0.25, 0.3) is 11.1 Å². The van der Waals surface area contributed by atoms with Gasteiger partial charge in [-0.05, 0) is 19.1 Å². The number of hydrogen-bond acceptors (Lipinski definition) is 5. The summed E-state index contributed by atoms with van der Waals surface area (Å²) in [7, 11) is 0. The lowest BCUT2D eigenvalue weighted by atomic mass is 10.2. The average Bonchev–Trinajstić information content (AvgIpc) is 2.70. The van der Waals surface area contributed by atoms with Crippen molar-refractivity contribution >= 4 is 22.4 Å². The minimum Gasteiger partial charge on any atom is -0.266 e. The Labute approximate surface area is 115 Å². The van der Waals surface area contributed by atoms with Gasteiger partial charge < -0.3 is 0 Å². The second-order valence-corrected chi connectivity index (χ2v) is 5.14. The highest BCUT2D eigenvalue weighted by Crippen LogP contribution is 2.07. The van der Waals surface area contributed by atoms with Gasteiger partial charge in [-0.2, -0.15) is 14.6 Å². The van der Waals surface area contributed by atoms with E-state index in [-0.39, 0.29) is 15.2 Å². The summed E-state index contributed by atoms with van der Waals surface area (Å²) in [5.41, 5.74) is -0.432. The average molecular weight is 289 g/mol. The minimum absolute atomic E-state index is 0.148. The summed E-state index contributed by atoms with van der Waals surface area (Å²) in [6.07, 6.45) is 1.43. The standard InChI is InChI=1S/C13H8FN3O2S/c1-7-11(18)15-13-17(16-7)12(19)10(20-13)6-8-4-2-3-5-9(8)14/h2-6H,1H3. The van der Waals surface area contributed by atoms with Crippen LogP contribution in [-0.2, 0) is 0 Å². The quantitative estimate of drug-likeness (QED) is 0.654. The highest BCUT2D eigenvalue weighted by molar-refractivity contribution is 7.15.